The molecule has 4 nitrogen and oxygen atoms in total. The first kappa shape index (κ1) is 12.9. The van der Waals surface area contributed by atoms with Gasteiger partial charge in [-0.1, -0.05) is 24.3 Å². The molecule has 0 aliphatic rings. The number of carbonyl (C=O) groups excluding carboxylic acids is 1. The molecule has 0 aliphatic carbocycles. The van der Waals surface area contributed by atoms with Crippen LogP contribution < -0.4 is 11.1 Å². The van der Waals surface area contributed by atoms with E-state index in [9.17, 15) is 14.3 Å². The van der Waals surface area contributed by atoms with Crippen LogP contribution in [0.5, 0.6) is 5.75 Å². The average molecular weight is 260 g/mol. The largest absolute Gasteiger partial charge is 0.505 e. The first-order valence-corrected chi connectivity index (χ1v) is 5.68. The van der Waals surface area contributed by atoms with E-state index in [-0.39, 0.29) is 29.4 Å². The maximum atomic E-state index is 13.4. The fourth-order valence-electron chi connectivity index (χ4n) is 1.66. The van der Waals surface area contributed by atoms with Crippen LogP contribution in [0.3, 0.4) is 0 Å². The third kappa shape index (κ3) is 2.82. The van der Waals surface area contributed by atoms with Crippen molar-refractivity contribution in [2.24, 2.45) is 0 Å². The van der Waals surface area contributed by atoms with Gasteiger partial charge >= 0.3 is 0 Å². The van der Waals surface area contributed by atoms with Crippen molar-refractivity contribution in [1.29, 1.82) is 0 Å². The van der Waals surface area contributed by atoms with Crippen LogP contribution in [0, 0.1) is 5.82 Å². The van der Waals surface area contributed by atoms with Gasteiger partial charge in [-0.2, -0.15) is 0 Å². The van der Waals surface area contributed by atoms with Crippen molar-refractivity contribution in [2.45, 2.75) is 6.54 Å². The van der Waals surface area contributed by atoms with Crippen molar-refractivity contribution in [1.82, 2.24) is 5.32 Å². The molecule has 0 saturated carbocycles. The molecule has 0 atom stereocenters. The van der Waals surface area contributed by atoms with Crippen molar-refractivity contribution >= 4 is 11.6 Å². The predicted octanol–water partition coefficient (Wildman–Crippen LogP) is 2.04. The lowest BCUT2D eigenvalue weighted by molar-refractivity contribution is 0.0948. The number of phenols is 1. The molecule has 19 heavy (non-hydrogen) atoms. The van der Waals surface area contributed by atoms with Crippen LogP contribution in [-0.4, -0.2) is 11.0 Å². The van der Waals surface area contributed by atoms with Gasteiger partial charge in [0.1, 0.15) is 5.82 Å². The van der Waals surface area contributed by atoms with E-state index in [1.165, 1.54) is 18.2 Å². The molecule has 98 valence electrons. The summed E-state index contributed by atoms with van der Waals surface area (Å²) in [5.74, 6) is -1.17. The second-order valence-corrected chi connectivity index (χ2v) is 4.02. The maximum absolute atomic E-state index is 13.4. The van der Waals surface area contributed by atoms with Crippen LogP contribution in [0.15, 0.2) is 42.5 Å². The monoisotopic (exact) mass is 260 g/mol. The Kier molecular flexibility index (Phi) is 3.66. The predicted molar refractivity (Wildman–Crippen MR) is 70.1 cm³/mol. The van der Waals surface area contributed by atoms with Crippen LogP contribution in [0.2, 0.25) is 0 Å². The van der Waals surface area contributed by atoms with E-state index < -0.39 is 5.91 Å². The number of rotatable bonds is 3. The lowest BCUT2D eigenvalue weighted by Gasteiger charge is -2.08. The van der Waals surface area contributed by atoms with Crippen molar-refractivity contribution in [3.05, 3.63) is 59.4 Å². The number of hydrogen-bond donors (Lipinski definition) is 3. The van der Waals surface area contributed by atoms with Crippen LogP contribution in [-0.2, 0) is 6.54 Å². The molecule has 0 heterocycles. The van der Waals surface area contributed by atoms with Crippen LogP contribution in [0.1, 0.15) is 15.9 Å². The molecular weight excluding hydrogens is 247 g/mol. The van der Waals surface area contributed by atoms with Crippen LogP contribution in [0.25, 0.3) is 0 Å². The molecule has 2 rings (SSSR count). The summed E-state index contributed by atoms with van der Waals surface area (Å²) in [6, 6.07) is 10.7. The van der Waals surface area contributed by atoms with Gasteiger partial charge in [0, 0.05) is 12.1 Å². The summed E-state index contributed by atoms with van der Waals surface area (Å²) in [7, 11) is 0. The van der Waals surface area contributed by atoms with Crippen molar-refractivity contribution in [3.63, 3.8) is 0 Å². The van der Waals surface area contributed by atoms with Crippen LogP contribution in [0.4, 0.5) is 10.1 Å². The van der Waals surface area contributed by atoms with E-state index in [4.69, 9.17) is 5.73 Å². The Labute approximate surface area is 109 Å². The van der Waals surface area contributed by atoms with E-state index in [1.807, 2.05) is 0 Å². The van der Waals surface area contributed by atoms with Crippen molar-refractivity contribution in [3.8, 4) is 5.75 Å². The number of carbonyl (C=O) groups is 1. The Morgan fingerprint density at radius 3 is 2.68 bits per heavy atom. The van der Waals surface area contributed by atoms with Gasteiger partial charge in [-0.25, -0.2) is 4.39 Å². The van der Waals surface area contributed by atoms with Gasteiger partial charge in [0.2, 0.25) is 0 Å². The molecule has 0 saturated heterocycles. The average Bonchev–Trinajstić information content (AvgIpc) is 2.40. The molecule has 4 N–H and O–H groups in total. The fourth-order valence-corrected chi connectivity index (χ4v) is 1.66. The van der Waals surface area contributed by atoms with Gasteiger partial charge in [-0.15, -0.1) is 0 Å². The molecule has 0 aliphatic heterocycles. The van der Waals surface area contributed by atoms with Gasteiger partial charge in [0.15, 0.2) is 5.75 Å². The number of para-hydroxylation sites is 1. The Bertz CT molecular complexity index is 614. The topological polar surface area (TPSA) is 75.4 Å². The minimum Gasteiger partial charge on any atom is -0.505 e. The zero-order valence-corrected chi connectivity index (χ0v) is 10.1. The zero-order valence-electron chi connectivity index (χ0n) is 10.1. The summed E-state index contributed by atoms with van der Waals surface area (Å²) in [6.45, 7) is 0.0414. The Morgan fingerprint density at radius 2 is 1.95 bits per heavy atom. The van der Waals surface area contributed by atoms with E-state index in [1.54, 1.807) is 24.3 Å². The molecule has 5 heteroatoms. The fraction of sp³-hybridized carbons (Fsp3) is 0.0714. The Balaban J connectivity index is 2.10. The number of phenolic OH excluding ortho intramolecular Hbond substituents is 1. The maximum Gasteiger partial charge on any atom is 0.255 e. The molecule has 0 bridgehead atoms. The number of nitrogen functional groups attached to an aromatic ring is 1. The third-order valence-corrected chi connectivity index (χ3v) is 2.71. The van der Waals surface area contributed by atoms with Gasteiger partial charge < -0.3 is 16.2 Å². The van der Waals surface area contributed by atoms with Gasteiger partial charge in [0.25, 0.3) is 5.91 Å². The molecule has 0 spiro atoms. The second-order valence-electron chi connectivity index (χ2n) is 4.02. The highest BCUT2D eigenvalue weighted by Crippen LogP contribution is 2.24. The van der Waals surface area contributed by atoms with E-state index in [0.717, 1.165) is 0 Å². The number of nitrogens with two attached hydrogens (primary N) is 1. The summed E-state index contributed by atoms with van der Waals surface area (Å²) < 4.78 is 13.4. The highest BCUT2D eigenvalue weighted by Gasteiger charge is 2.13. The van der Waals surface area contributed by atoms with Crippen molar-refractivity contribution in [2.75, 3.05) is 5.73 Å². The molecule has 0 unspecified atom stereocenters. The van der Waals surface area contributed by atoms with Gasteiger partial charge in [-0.3, -0.25) is 4.79 Å². The highest BCUT2D eigenvalue weighted by molar-refractivity contribution is 5.98. The summed E-state index contributed by atoms with van der Waals surface area (Å²) >= 11 is 0. The normalized spacial score (nSPS) is 10.2. The molecule has 0 fully saturated rings. The van der Waals surface area contributed by atoms with Crippen LogP contribution >= 0.6 is 0 Å². The van der Waals surface area contributed by atoms with Gasteiger partial charge in [-0.05, 0) is 18.2 Å². The quantitative estimate of drug-likeness (QED) is 0.584. The second kappa shape index (κ2) is 5.39. The molecular formula is C14H13FN2O2. The first-order chi connectivity index (χ1) is 9.09. The smallest absolute Gasteiger partial charge is 0.255 e. The number of aromatic hydroxyl groups is 1. The SMILES string of the molecule is Nc1cccc(C(=O)NCc2ccccc2F)c1O. The standard InChI is InChI=1S/C14H13FN2O2/c15-11-6-2-1-4-9(11)8-17-14(19)10-5-3-7-12(16)13(10)18/h1-7,18H,8,16H2,(H,17,19). The minimum atomic E-state index is -0.506. The number of nitrogens with one attached hydrogen (secondary N) is 1. The molecule has 0 aromatic heterocycles. The highest BCUT2D eigenvalue weighted by atomic mass is 19.1. The third-order valence-electron chi connectivity index (χ3n) is 2.71. The van der Waals surface area contributed by atoms with Crippen molar-refractivity contribution < 1.29 is 14.3 Å². The summed E-state index contributed by atoms with van der Waals surface area (Å²) in [5, 5.41) is 12.2. The Morgan fingerprint density at radius 1 is 1.21 bits per heavy atom. The number of amides is 1. The number of benzene rings is 2. The summed E-state index contributed by atoms with van der Waals surface area (Å²) in [6.07, 6.45) is 0. The van der Waals surface area contributed by atoms with E-state index in [0.29, 0.717) is 5.56 Å². The lowest BCUT2D eigenvalue weighted by atomic mass is 10.1. The van der Waals surface area contributed by atoms with E-state index in [2.05, 4.69) is 5.32 Å². The minimum absolute atomic E-state index is 0.0414. The summed E-state index contributed by atoms with van der Waals surface area (Å²) in [4.78, 5) is 11.9. The number of anilines is 1. The Hall–Kier alpha value is -2.56. The first-order valence-electron chi connectivity index (χ1n) is 5.68. The lowest BCUT2D eigenvalue weighted by Crippen LogP contribution is -2.23. The van der Waals surface area contributed by atoms with Gasteiger partial charge in [0.05, 0.1) is 11.3 Å². The molecule has 2 aromatic carbocycles. The van der Waals surface area contributed by atoms with E-state index >= 15 is 0 Å². The zero-order chi connectivity index (χ0) is 13.8. The number of halogens is 1. The molecule has 0 radical (unpaired) electrons. The summed E-state index contributed by atoms with van der Waals surface area (Å²) in [5.41, 5.74) is 6.06. The molecule has 2 aromatic rings. The number of hydrogen-bond acceptors (Lipinski definition) is 3. The molecule has 1 amide bonds.